The fourth-order valence-electron chi connectivity index (χ4n) is 1.57. The average molecular weight is 267 g/mol. The molecule has 0 aromatic carbocycles. The predicted octanol–water partition coefficient (Wildman–Crippen LogP) is 0.0591. The van der Waals surface area contributed by atoms with Crippen LogP contribution in [-0.4, -0.2) is 40.1 Å². The lowest BCUT2D eigenvalue weighted by Gasteiger charge is -2.10. The summed E-state index contributed by atoms with van der Waals surface area (Å²) in [6.45, 7) is 2.18. The fourth-order valence-corrected chi connectivity index (χ4v) is 5.67. The summed E-state index contributed by atoms with van der Waals surface area (Å²) in [5, 5.41) is -0.775. The summed E-state index contributed by atoms with van der Waals surface area (Å²) in [7, 11) is -6.62. The molecule has 0 saturated carbocycles. The minimum Gasteiger partial charge on any atom is -0.229 e. The molecule has 1 aliphatic heterocycles. The summed E-state index contributed by atoms with van der Waals surface area (Å²) in [6.07, 6.45) is 4.53. The van der Waals surface area contributed by atoms with Crippen LogP contribution in [0, 0.1) is 0 Å². The van der Waals surface area contributed by atoms with Crippen LogP contribution in [-0.2, 0) is 19.9 Å². The molecular formula is C9H17NO4S2. The Kier molecular flexibility index (Phi) is 4.52. The van der Waals surface area contributed by atoms with Crippen molar-refractivity contribution < 1.29 is 16.8 Å². The monoisotopic (exact) mass is 267 g/mol. The molecule has 1 fully saturated rings. The Balaban J connectivity index is 2.52. The van der Waals surface area contributed by atoms with Crippen molar-refractivity contribution in [3.8, 4) is 0 Å². The standard InChI is InChI=1S/C9H17NO4S2/c1-2-3-4-6-10-16(13,14)9-5-7-15(11,12)8-9/h2-3,9-10H,4-8H2,1H3/b3-2+. The summed E-state index contributed by atoms with van der Waals surface area (Å²) >= 11 is 0. The topological polar surface area (TPSA) is 80.3 Å². The van der Waals surface area contributed by atoms with E-state index in [-0.39, 0.29) is 17.9 Å². The van der Waals surface area contributed by atoms with E-state index in [9.17, 15) is 16.8 Å². The Morgan fingerprint density at radius 2 is 2.12 bits per heavy atom. The Bertz CT molecular complexity index is 450. The largest absolute Gasteiger partial charge is 0.229 e. The smallest absolute Gasteiger partial charge is 0.215 e. The number of nitrogens with one attached hydrogen (secondary N) is 1. The van der Waals surface area contributed by atoms with Crippen molar-refractivity contribution in [2.75, 3.05) is 18.1 Å². The Hall–Kier alpha value is -0.400. The quantitative estimate of drug-likeness (QED) is 0.564. The van der Waals surface area contributed by atoms with Crippen LogP contribution in [0.5, 0.6) is 0 Å². The molecule has 5 nitrogen and oxygen atoms in total. The van der Waals surface area contributed by atoms with E-state index in [4.69, 9.17) is 0 Å². The van der Waals surface area contributed by atoms with E-state index >= 15 is 0 Å². The van der Waals surface area contributed by atoms with E-state index in [2.05, 4.69) is 4.72 Å². The molecule has 1 atom stereocenters. The van der Waals surface area contributed by atoms with Crippen molar-refractivity contribution >= 4 is 19.9 Å². The van der Waals surface area contributed by atoms with Gasteiger partial charge in [-0.1, -0.05) is 12.2 Å². The Labute approximate surface area is 96.9 Å². The molecule has 1 unspecified atom stereocenters. The van der Waals surface area contributed by atoms with Crippen molar-refractivity contribution in [2.45, 2.75) is 25.0 Å². The third-order valence-electron chi connectivity index (χ3n) is 2.48. The van der Waals surface area contributed by atoms with Crippen LogP contribution in [0.2, 0.25) is 0 Å². The Morgan fingerprint density at radius 3 is 2.62 bits per heavy atom. The number of hydrogen-bond acceptors (Lipinski definition) is 4. The van der Waals surface area contributed by atoms with Gasteiger partial charge < -0.3 is 0 Å². The molecule has 1 rings (SSSR count). The van der Waals surface area contributed by atoms with E-state index in [0.29, 0.717) is 13.0 Å². The third kappa shape index (κ3) is 3.88. The molecule has 94 valence electrons. The maximum Gasteiger partial charge on any atom is 0.215 e. The fraction of sp³-hybridized carbons (Fsp3) is 0.778. The van der Waals surface area contributed by atoms with Crippen LogP contribution < -0.4 is 4.72 Å². The van der Waals surface area contributed by atoms with Crippen LogP contribution in [0.25, 0.3) is 0 Å². The van der Waals surface area contributed by atoms with Crippen LogP contribution >= 0.6 is 0 Å². The molecule has 1 N–H and O–H groups in total. The molecule has 1 saturated heterocycles. The average Bonchev–Trinajstić information content (AvgIpc) is 2.54. The van der Waals surface area contributed by atoms with Crippen molar-refractivity contribution in [2.24, 2.45) is 0 Å². The summed E-state index contributed by atoms with van der Waals surface area (Å²) in [6, 6.07) is 0. The lowest BCUT2D eigenvalue weighted by molar-refractivity contribution is 0.568. The predicted molar refractivity (Wildman–Crippen MR) is 63.4 cm³/mol. The number of allylic oxidation sites excluding steroid dienone is 1. The van der Waals surface area contributed by atoms with Gasteiger partial charge in [0.2, 0.25) is 10.0 Å². The molecule has 0 aliphatic carbocycles. The highest BCUT2D eigenvalue weighted by atomic mass is 32.2. The van der Waals surface area contributed by atoms with Gasteiger partial charge in [0, 0.05) is 6.54 Å². The Morgan fingerprint density at radius 1 is 1.44 bits per heavy atom. The van der Waals surface area contributed by atoms with Crippen LogP contribution in [0.3, 0.4) is 0 Å². The number of rotatable bonds is 5. The first kappa shape index (κ1) is 13.7. The first-order valence-corrected chi connectivity index (χ1v) is 8.54. The van der Waals surface area contributed by atoms with E-state index < -0.39 is 25.1 Å². The normalized spacial score (nSPS) is 25.2. The zero-order valence-corrected chi connectivity index (χ0v) is 10.9. The molecule has 0 amide bonds. The highest BCUT2D eigenvalue weighted by molar-refractivity contribution is 7.95. The second kappa shape index (κ2) is 5.29. The molecule has 0 aromatic heterocycles. The minimum absolute atomic E-state index is 0.0204. The number of sulfone groups is 1. The van der Waals surface area contributed by atoms with Gasteiger partial charge in [0.05, 0.1) is 16.8 Å². The summed E-state index contributed by atoms with van der Waals surface area (Å²) in [5.41, 5.74) is 0. The summed E-state index contributed by atoms with van der Waals surface area (Å²) in [5.74, 6) is -0.264. The van der Waals surface area contributed by atoms with Crippen LogP contribution in [0.4, 0.5) is 0 Å². The van der Waals surface area contributed by atoms with Gasteiger partial charge in [-0.3, -0.25) is 0 Å². The van der Waals surface area contributed by atoms with Gasteiger partial charge in [-0.2, -0.15) is 0 Å². The van der Waals surface area contributed by atoms with Crippen molar-refractivity contribution in [1.82, 2.24) is 4.72 Å². The van der Waals surface area contributed by atoms with Crippen LogP contribution in [0.15, 0.2) is 12.2 Å². The van der Waals surface area contributed by atoms with Gasteiger partial charge >= 0.3 is 0 Å². The minimum atomic E-state index is -3.47. The van der Waals surface area contributed by atoms with Gasteiger partial charge in [0.1, 0.15) is 0 Å². The first-order valence-electron chi connectivity index (χ1n) is 5.17. The van der Waals surface area contributed by atoms with Gasteiger partial charge in [0.25, 0.3) is 0 Å². The van der Waals surface area contributed by atoms with Gasteiger partial charge in [-0.15, -0.1) is 0 Å². The molecule has 0 aromatic rings. The first-order chi connectivity index (χ1) is 7.37. The number of hydrogen-bond donors (Lipinski definition) is 1. The molecule has 0 bridgehead atoms. The van der Waals surface area contributed by atoms with Crippen molar-refractivity contribution in [3.05, 3.63) is 12.2 Å². The molecule has 7 heteroatoms. The van der Waals surface area contributed by atoms with Crippen molar-refractivity contribution in [1.29, 1.82) is 0 Å². The highest BCUT2D eigenvalue weighted by Gasteiger charge is 2.36. The second-order valence-electron chi connectivity index (χ2n) is 3.82. The lowest BCUT2D eigenvalue weighted by Crippen LogP contribution is -2.35. The van der Waals surface area contributed by atoms with E-state index in [1.54, 1.807) is 0 Å². The molecule has 0 spiro atoms. The van der Waals surface area contributed by atoms with Gasteiger partial charge in [-0.05, 0) is 19.8 Å². The molecule has 0 radical (unpaired) electrons. The van der Waals surface area contributed by atoms with Crippen molar-refractivity contribution in [3.63, 3.8) is 0 Å². The maximum absolute atomic E-state index is 11.7. The van der Waals surface area contributed by atoms with E-state index in [1.807, 2.05) is 19.1 Å². The number of sulfonamides is 1. The van der Waals surface area contributed by atoms with Gasteiger partial charge in [-0.25, -0.2) is 21.6 Å². The van der Waals surface area contributed by atoms with Crippen LogP contribution in [0.1, 0.15) is 19.8 Å². The zero-order chi connectivity index (χ0) is 12.2. The SMILES string of the molecule is C/C=C/CCNS(=O)(=O)C1CCS(=O)(=O)C1. The molecule has 1 aliphatic rings. The van der Waals surface area contributed by atoms with Gasteiger partial charge in [0.15, 0.2) is 9.84 Å². The van der Waals surface area contributed by atoms with E-state index in [0.717, 1.165) is 0 Å². The lowest BCUT2D eigenvalue weighted by atomic mass is 10.4. The second-order valence-corrected chi connectivity index (χ2v) is 8.10. The maximum atomic E-state index is 11.7. The third-order valence-corrected chi connectivity index (χ3v) is 6.34. The molecular weight excluding hydrogens is 250 g/mol. The molecule has 16 heavy (non-hydrogen) atoms. The molecule has 1 heterocycles. The zero-order valence-electron chi connectivity index (χ0n) is 9.22. The summed E-state index contributed by atoms with van der Waals surface area (Å²) < 4.78 is 48.1. The highest BCUT2D eigenvalue weighted by Crippen LogP contribution is 2.17. The van der Waals surface area contributed by atoms with E-state index in [1.165, 1.54) is 0 Å². The summed E-state index contributed by atoms with van der Waals surface area (Å²) in [4.78, 5) is 0.